The molecule has 1 saturated heterocycles. The number of amides is 1. The van der Waals surface area contributed by atoms with E-state index in [2.05, 4.69) is 33.0 Å². The highest BCUT2D eigenvalue weighted by Crippen LogP contribution is 2.12. The number of nitrogens with one attached hydrogen (secondary N) is 1. The van der Waals surface area contributed by atoms with Crippen molar-refractivity contribution in [1.82, 2.24) is 10.2 Å². The van der Waals surface area contributed by atoms with Crippen molar-refractivity contribution in [2.45, 2.75) is 39.7 Å². The highest BCUT2D eigenvalue weighted by molar-refractivity contribution is 5.76. The van der Waals surface area contributed by atoms with Crippen molar-refractivity contribution in [1.29, 1.82) is 0 Å². The second-order valence-corrected chi connectivity index (χ2v) is 5.23. The quantitative estimate of drug-likeness (QED) is 0.724. The van der Waals surface area contributed by atoms with Crippen LogP contribution in [0.25, 0.3) is 0 Å². The van der Waals surface area contributed by atoms with Crippen LogP contribution in [0.2, 0.25) is 0 Å². The van der Waals surface area contributed by atoms with Gasteiger partial charge in [-0.15, -0.1) is 0 Å². The average Bonchev–Trinajstić information content (AvgIpc) is 2.10. The summed E-state index contributed by atoms with van der Waals surface area (Å²) in [5.74, 6) is 0.838. The predicted octanol–water partition coefficient (Wildman–Crippen LogP) is 1.24. The molecule has 0 aromatic heterocycles. The number of rotatable bonds is 2. The number of carbonyl (C=O) groups excluding carboxylic acids is 1. The van der Waals surface area contributed by atoms with Crippen LogP contribution in [0.5, 0.6) is 0 Å². The Morgan fingerprint density at radius 3 is 2.71 bits per heavy atom. The maximum Gasteiger partial charge on any atom is 0.223 e. The molecule has 0 aromatic rings. The summed E-state index contributed by atoms with van der Waals surface area (Å²) in [6.07, 6.45) is 0.635. The van der Waals surface area contributed by atoms with Gasteiger partial charge in [-0.05, 0) is 19.8 Å². The minimum absolute atomic E-state index is 0.0566. The first-order valence-electron chi connectivity index (χ1n) is 5.43. The lowest BCUT2D eigenvalue weighted by Gasteiger charge is -2.31. The second-order valence-electron chi connectivity index (χ2n) is 5.23. The van der Waals surface area contributed by atoms with Gasteiger partial charge < -0.3 is 10.2 Å². The Hall–Kier alpha value is -0.570. The zero-order valence-corrected chi connectivity index (χ0v) is 9.76. The van der Waals surface area contributed by atoms with Gasteiger partial charge in [0, 0.05) is 31.6 Å². The molecule has 0 aromatic carbocycles. The third kappa shape index (κ3) is 3.29. The molecule has 0 atom stereocenters. The molecule has 1 rings (SSSR count). The van der Waals surface area contributed by atoms with E-state index in [-0.39, 0.29) is 11.4 Å². The van der Waals surface area contributed by atoms with Crippen LogP contribution < -0.4 is 5.32 Å². The Kier molecular flexibility index (Phi) is 3.53. The van der Waals surface area contributed by atoms with E-state index in [4.69, 9.17) is 0 Å². The fourth-order valence-electron chi connectivity index (χ4n) is 1.89. The predicted molar refractivity (Wildman–Crippen MR) is 58.1 cm³/mol. The molecule has 1 aliphatic rings. The van der Waals surface area contributed by atoms with Crippen LogP contribution in [0.1, 0.15) is 34.1 Å². The van der Waals surface area contributed by atoms with Crippen LogP contribution >= 0.6 is 0 Å². The second kappa shape index (κ2) is 4.30. The molecule has 82 valence electrons. The highest BCUT2D eigenvalue weighted by Gasteiger charge is 2.27. The van der Waals surface area contributed by atoms with Crippen LogP contribution in [-0.4, -0.2) is 36.0 Å². The van der Waals surface area contributed by atoms with Crippen molar-refractivity contribution in [2.75, 3.05) is 19.6 Å². The molecule has 1 amide bonds. The Bertz CT molecular complexity index is 211. The third-order valence-electron chi connectivity index (χ3n) is 2.47. The van der Waals surface area contributed by atoms with Gasteiger partial charge in [0.1, 0.15) is 0 Å². The molecule has 0 unspecified atom stereocenters. The first kappa shape index (κ1) is 11.5. The minimum atomic E-state index is 0.0566. The fourth-order valence-corrected chi connectivity index (χ4v) is 1.89. The van der Waals surface area contributed by atoms with E-state index in [1.165, 1.54) is 0 Å². The lowest BCUT2D eigenvalue weighted by Crippen LogP contribution is -2.47. The van der Waals surface area contributed by atoms with E-state index in [1.54, 1.807) is 0 Å². The van der Waals surface area contributed by atoms with Gasteiger partial charge in [-0.1, -0.05) is 13.8 Å². The molecule has 1 heterocycles. The van der Waals surface area contributed by atoms with E-state index in [1.807, 2.05) is 4.90 Å². The smallest absolute Gasteiger partial charge is 0.223 e. The molecule has 1 aliphatic heterocycles. The van der Waals surface area contributed by atoms with E-state index in [0.717, 1.165) is 19.6 Å². The molecule has 0 spiro atoms. The monoisotopic (exact) mass is 198 g/mol. The maximum absolute atomic E-state index is 11.7. The number of carbonyl (C=O) groups is 1. The molecule has 0 saturated carbocycles. The standard InChI is InChI=1S/C11H22N2O/c1-9(2)7-13-8-11(3,4)12-6-5-10(13)14/h9,12H,5-8H2,1-4H3. The molecule has 14 heavy (non-hydrogen) atoms. The summed E-state index contributed by atoms with van der Waals surface area (Å²) >= 11 is 0. The molecule has 3 heteroatoms. The van der Waals surface area contributed by atoms with Crippen LogP contribution in [0.4, 0.5) is 0 Å². The average molecular weight is 198 g/mol. The normalized spacial score (nSPS) is 22.6. The van der Waals surface area contributed by atoms with Crippen molar-refractivity contribution in [2.24, 2.45) is 5.92 Å². The maximum atomic E-state index is 11.7. The molecular weight excluding hydrogens is 176 g/mol. The zero-order valence-electron chi connectivity index (χ0n) is 9.76. The van der Waals surface area contributed by atoms with Gasteiger partial charge in [0.05, 0.1) is 0 Å². The summed E-state index contributed by atoms with van der Waals surface area (Å²) in [6.45, 7) is 11.1. The molecule has 1 N–H and O–H groups in total. The summed E-state index contributed by atoms with van der Waals surface area (Å²) in [4.78, 5) is 13.7. The molecule has 0 bridgehead atoms. The summed E-state index contributed by atoms with van der Waals surface area (Å²) in [5, 5.41) is 3.39. The Balaban J connectivity index is 2.64. The Labute approximate surface area is 86.9 Å². The molecule has 1 fully saturated rings. The van der Waals surface area contributed by atoms with E-state index >= 15 is 0 Å². The van der Waals surface area contributed by atoms with Gasteiger partial charge in [-0.25, -0.2) is 0 Å². The van der Waals surface area contributed by atoms with Crippen LogP contribution in [0, 0.1) is 5.92 Å². The number of nitrogens with zero attached hydrogens (tertiary/aromatic N) is 1. The summed E-state index contributed by atoms with van der Waals surface area (Å²) < 4.78 is 0. The van der Waals surface area contributed by atoms with Crippen LogP contribution in [-0.2, 0) is 4.79 Å². The largest absolute Gasteiger partial charge is 0.341 e. The summed E-state index contributed by atoms with van der Waals surface area (Å²) in [7, 11) is 0. The van der Waals surface area contributed by atoms with E-state index in [9.17, 15) is 4.79 Å². The first-order chi connectivity index (χ1) is 6.41. The van der Waals surface area contributed by atoms with E-state index < -0.39 is 0 Å². The van der Waals surface area contributed by atoms with Crippen molar-refractivity contribution in [3.63, 3.8) is 0 Å². The molecular formula is C11H22N2O. The van der Waals surface area contributed by atoms with Gasteiger partial charge in [0.15, 0.2) is 0 Å². The zero-order chi connectivity index (χ0) is 10.8. The number of hydrogen-bond donors (Lipinski definition) is 1. The van der Waals surface area contributed by atoms with Gasteiger partial charge in [0.25, 0.3) is 0 Å². The van der Waals surface area contributed by atoms with Gasteiger partial charge in [0.2, 0.25) is 5.91 Å². The molecule has 0 aliphatic carbocycles. The van der Waals surface area contributed by atoms with Gasteiger partial charge >= 0.3 is 0 Å². The van der Waals surface area contributed by atoms with Gasteiger partial charge in [-0.3, -0.25) is 4.79 Å². The van der Waals surface area contributed by atoms with Crippen LogP contribution in [0.15, 0.2) is 0 Å². The molecule has 3 nitrogen and oxygen atoms in total. The SMILES string of the molecule is CC(C)CN1CC(C)(C)NCCC1=O. The van der Waals surface area contributed by atoms with Crippen molar-refractivity contribution in [3.8, 4) is 0 Å². The Morgan fingerprint density at radius 2 is 2.14 bits per heavy atom. The van der Waals surface area contributed by atoms with Crippen molar-refractivity contribution >= 4 is 5.91 Å². The summed E-state index contributed by atoms with van der Waals surface area (Å²) in [6, 6.07) is 0. The van der Waals surface area contributed by atoms with Crippen molar-refractivity contribution in [3.05, 3.63) is 0 Å². The lowest BCUT2D eigenvalue weighted by molar-refractivity contribution is -0.131. The van der Waals surface area contributed by atoms with Crippen molar-refractivity contribution < 1.29 is 4.79 Å². The first-order valence-corrected chi connectivity index (χ1v) is 5.43. The minimum Gasteiger partial charge on any atom is -0.341 e. The lowest BCUT2D eigenvalue weighted by atomic mass is 10.1. The Morgan fingerprint density at radius 1 is 1.50 bits per heavy atom. The van der Waals surface area contributed by atoms with Crippen LogP contribution in [0.3, 0.4) is 0 Å². The topological polar surface area (TPSA) is 32.3 Å². The summed E-state index contributed by atoms with van der Waals surface area (Å²) in [5.41, 5.74) is 0.0566. The number of hydrogen-bond acceptors (Lipinski definition) is 2. The highest BCUT2D eigenvalue weighted by atomic mass is 16.2. The fraction of sp³-hybridized carbons (Fsp3) is 0.909. The van der Waals surface area contributed by atoms with Gasteiger partial charge in [-0.2, -0.15) is 0 Å². The third-order valence-corrected chi connectivity index (χ3v) is 2.47. The molecule has 0 radical (unpaired) electrons. The van der Waals surface area contributed by atoms with E-state index in [0.29, 0.717) is 12.3 Å².